The third-order valence-electron chi connectivity index (χ3n) is 8.46. The molecule has 8 rings (SSSR count). The second-order valence-corrected chi connectivity index (χ2v) is 13.2. The highest BCUT2D eigenvalue weighted by molar-refractivity contribution is 7.23. The van der Waals surface area contributed by atoms with Crippen LogP contribution in [0.15, 0.2) is 35.4 Å². The second-order valence-electron chi connectivity index (χ2n) is 11.1. The van der Waals surface area contributed by atoms with Gasteiger partial charge >= 0.3 is 0 Å². The summed E-state index contributed by atoms with van der Waals surface area (Å²) in [7, 11) is 0. The molecule has 0 radical (unpaired) electrons. The molecular formula is C32H16F4N2O5S2. The molecule has 3 heterocycles. The lowest BCUT2D eigenvalue weighted by molar-refractivity contribution is 0.0168. The number of rotatable bonds is 2. The van der Waals surface area contributed by atoms with Crippen LogP contribution < -0.4 is 4.74 Å². The van der Waals surface area contributed by atoms with Crippen LogP contribution in [0.1, 0.15) is 89.2 Å². The number of hydrogen-bond acceptors (Lipinski definition) is 9. The minimum absolute atomic E-state index is 0.218. The molecule has 2 aromatic heterocycles. The molecule has 2 aromatic carbocycles. The summed E-state index contributed by atoms with van der Waals surface area (Å²) in [4.78, 5) is 62.5. The van der Waals surface area contributed by atoms with E-state index in [-0.39, 0.29) is 44.3 Å². The van der Waals surface area contributed by atoms with Crippen LogP contribution in [0.2, 0.25) is 0 Å². The molecule has 0 saturated heterocycles. The third-order valence-corrected chi connectivity index (χ3v) is 10.6. The molecule has 3 aliphatic carbocycles. The van der Waals surface area contributed by atoms with E-state index in [1.54, 1.807) is 0 Å². The number of hydrogen-bond donors (Lipinski definition) is 0. The van der Waals surface area contributed by atoms with Crippen LogP contribution in [0.25, 0.3) is 21.9 Å². The van der Waals surface area contributed by atoms with E-state index in [1.807, 2.05) is 0 Å². The van der Waals surface area contributed by atoms with Crippen LogP contribution in [0.5, 0.6) is 5.88 Å². The van der Waals surface area contributed by atoms with Crippen LogP contribution in [0.4, 0.5) is 17.6 Å². The highest BCUT2D eigenvalue weighted by atomic mass is 32.1. The first-order valence-corrected chi connectivity index (χ1v) is 15.5. The van der Waals surface area contributed by atoms with E-state index in [4.69, 9.17) is 9.72 Å². The van der Waals surface area contributed by atoms with Gasteiger partial charge in [0.15, 0.2) is 52.0 Å². The number of aromatic nitrogens is 2. The van der Waals surface area contributed by atoms with E-state index in [0.29, 0.717) is 57.6 Å². The number of ketones is 4. The van der Waals surface area contributed by atoms with Crippen LogP contribution in [-0.2, 0) is 5.60 Å². The molecule has 1 aliphatic heterocycles. The molecular weight excluding hydrogens is 632 g/mol. The molecule has 0 atom stereocenters. The first kappa shape index (κ1) is 27.9. The third kappa shape index (κ3) is 4.06. The maximum atomic E-state index is 13.8. The Balaban J connectivity index is 1.21. The van der Waals surface area contributed by atoms with Gasteiger partial charge in [-0.3, -0.25) is 19.2 Å². The fourth-order valence-electron chi connectivity index (χ4n) is 6.29. The standard InChI is InChI=1S/C32H16F4N2O5S2/c33-18-6-12-13(7-19(18)34)25(40)16(24(12)39)10-22-37-30-28(44-22)29-31(43-32(30)4-2-1-3-5-32)38-23(45-29)11-17-26(41)14-8-20(35)21(36)9-15(14)27(17)42/h6-11H,1-5H2. The Bertz CT molecular complexity index is 2070. The summed E-state index contributed by atoms with van der Waals surface area (Å²) in [5.74, 6) is -7.62. The van der Waals surface area contributed by atoms with Gasteiger partial charge in [0.25, 0.3) is 0 Å². The number of benzene rings is 2. The van der Waals surface area contributed by atoms with Gasteiger partial charge in [0.1, 0.15) is 20.6 Å². The SMILES string of the molecule is O=C1C(=Cc2nc3c(s2)-c2sc(C=C4C(=O)c5cc(F)c(F)cc5C4=O)nc2C2(CCCCC2)O3)C(=O)c2cc(F)c(F)cc21. The highest BCUT2D eigenvalue weighted by Gasteiger charge is 2.47. The number of allylic oxidation sites excluding steroid dienone is 2. The first-order chi connectivity index (χ1) is 21.5. The molecule has 0 amide bonds. The van der Waals surface area contributed by atoms with Crippen molar-refractivity contribution in [2.75, 3.05) is 0 Å². The molecule has 224 valence electrons. The molecule has 7 nitrogen and oxygen atoms in total. The van der Waals surface area contributed by atoms with Crippen molar-refractivity contribution in [2.45, 2.75) is 37.7 Å². The summed E-state index contributed by atoms with van der Waals surface area (Å²) >= 11 is 2.30. The van der Waals surface area contributed by atoms with E-state index in [0.717, 1.165) is 30.6 Å². The van der Waals surface area contributed by atoms with Gasteiger partial charge in [-0.15, -0.1) is 22.7 Å². The van der Waals surface area contributed by atoms with Crippen molar-refractivity contribution in [1.82, 2.24) is 9.97 Å². The maximum Gasteiger partial charge on any atom is 0.235 e. The second kappa shape index (κ2) is 9.69. The van der Waals surface area contributed by atoms with Gasteiger partial charge in [0, 0.05) is 22.3 Å². The summed E-state index contributed by atoms with van der Waals surface area (Å²) in [6.07, 6.45) is 6.52. The van der Waals surface area contributed by atoms with Crippen molar-refractivity contribution in [2.24, 2.45) is 0 Å². The lowest BCUT2D eigenvalue weighted by Gasteiger charge is -2.38. The summed E-state index contributed by atoms with van der Waals surface area (Å²) in [5, 5.41) is 0.555. The van der Waals surface area contributed by atoms with Gasteiger partial charge in [-0.1, -0.05) is 6.42 Å². The zero-order chi connectivity index (χ0) is 31.4. The molecule has 1 fully saturated rings. The van der Waals surface area contributed by atoms with Crippen molar-refractivity contribution >= 4 is 58.0 Å². The Morgan fingerprint density at radius 2 is 1.04 bits per heavy atom. The Kier molecular flexibility index (Phi) is 6.01. The molecule has 4 aliphatic rings. The lowest BCUT2D eigenvalue weighted by atomic mass is 9.80. The van der Waals surface area contributed by atoms with Crippen molar-refractivity contribution < 1.29 is 41.5 Å². The minimum atomic E-state index is -1.24. The monoisotopic (exact) mass is 648 g/mol. The molecule has 0 unspecified atom stereocenters. The fourth-order valence-corrected chi connectivity index (χ4v) is 8.45. The average molecular weight is 649 g/mol. The summed E-state index contributed by atoms with van der Waals surface area (Å²) in [6, 6.07) is 2.85. The molecule has 1 saturated carbocycles. The normalized spacial score (nSPS) is 17.8. The smallest absolute Gasteiger partial charge is 0.235 e. The summed E-state index contributed by atoms with van der Waals surface area (Å²) < 4.78 is 61.8. The number of thiazole rings is 2. The van der Waals surface area contributed by atoms with Gasteiger partial charge in [-0.2, -0.15) is 0 Å². The van der Waals surface area contributed by atoms with Gasteiger partial charge in [-0.25, -0.2) is 27.5 Å². The first-order valence-electron chi connectivity index (χ1n) is 13.9. The number of Topliss-reactive ketones (excluding diaryl/α,β-unsaturated/α-hetero) is 4. The van der Waals surface area contributed by atoms with Gasteiger partial charge in [-0.05, 0) is 62.1 Å². The summed E-state index contributed by atoms with van der Waals surface area (Å²) in [5.41, 5.74) is -1.67. The topological polar surface area (TPSA) is 103 Å². The Labute approximate surface area is 258 Å². The van der Waals surface area contributed by atoms with Gasteiger partial charge in [0.2, 0.25) is 5.88 Å². The molecule has 1 spiro atoms. The van der Waals surface area contributed by atoms with E-state index >= 15 is 0 Å². The number of carbonyl (C=O) groups is 4. The van der Waals surface area contributed by atoms with Crippen LogP contribution in [0, 0.1) is 23.3 Å². The quantitative estimate of drug-likeness (QED) is 0.128. The van der Waals surface area contributed by atoms with Gasteiger partial charge in [0.05, 0.1) is 16.0 Å². The molecule has 0 N–H and O–H groups in total. The van der Waals surface area contributed by atoms with Crippen LogP contribution in [0.3, 0.4) is 0 Å². The largest absolute Gasteiger partial charge is 0.463 e. The number of carbonyl (C=O) groups excluding carboxylic acids is 4. The van der Waals surface area contributed by atoms with E-state index in [9.17, 15) is 36.7 Å². The van der Waals surface area contributed by atoms with Crippen molar-refractivity contribution in [3.05, 3.63) is 96.6 Å². The predicted molar refractivity (Wildman–Crippen MR) is 155 cm³/mol. The van der Waals surface area contributed by atoms with E-state index < -0.39 is 52.0 Å². The average Bonchev–Trinajstić information content (AvgIpc) is 3.73. The number of fused-ring (bicyclic) bond motifs is 6. The van der Waals surface area contributed by atoms with E-state index in [2.05, 4.69) is 4.98 Å². The summed E-state index contributed by atoms with van der Waals surface area (Å²) in [6.45, 7) is 0. The van der Waals surface area contributed by atoms with Crippen molar-refractivity contribution in [3.8, 4) is 15.6 Å². The van der Waals surface area contributed by atoms with Gasteiger partial charge < -0.3 is 4.74 Å². The zero-order valence-electron chi connectivity index (χ0n) is 22.8. The maximum absolute atomic E-state index is 13.8. The van der Waals surface area contributed by atoms with Crippen LogP contribution >= 0.6 is 22.7 Å². The van der Waals surface area contributed by atoms with Crippen LogP contribution in [-0.4, -0.2) is 33.1 Å². The zero-order valence-corrected chi connectivity index (χ0v) is 24.4. The minimum Gasteiger partial charge on any atom is -0.463 e. The number of halogens is 4. The van der Waals surface area contributed by atoms with E-state index in [1.165, 1.54) is 23.5 Å². The number of ether oxygens (including phenoxy) is 1. The Morgan fingerprint density at radius 3 is 1.51 bits per heavy atom. The molecule has 13 heteroatoms. The Morgan fingerprint density at radius 1 is 0.622 bits per heavy atom. The Hall–Kier alpha value is -4.62. The lowest BCUT2D eigenvalue weighted by Crippen LogP contribution is -2.38. The number of nitrogens with zero attached hydrogens (tertiary/aromatic N) is 2. The molecule has 0 bridgehead atoms. The predicted octanol–water partition coefficient (Wildman–Crippen LogP) is 7.30. The van der Waals surface area contributed by atoms with Crippen molar-refractivity contribution in [3.63, 3.8) is 0 Å². The van der Waals surface area contributed by atoms with Crippen molar-refractivity contribution in [1.29, 1.82) is 0 Å². The highest BCUT2D eigenvalue weighted by Crippen LogP contribution is 2.55. The molecule has 45 heavy (non-hydrogen) atoms. The molecule has 4 aromatic rings. The fraction of sp³-hybridized carbons (Fsp3) is 0.188.